The van der Waals surface area contributed by atoms with Crippen LogP contribution in [0.3, 0.4) is 0 Å². The van der Waals surface area contributed by atoms with Crippen molar-refractivity contribution in [1.29, 1.82) is 0 Å². The highest BCUT2D eigenvalue weighted by molar-refractivity contribution is 5.74. The summed E-state index contributed by atoms with van der Waals surface area (Å²) in [7, 11) is 0. The Morgan fingerprint density at radius 3 is 2.71 bits per heavy atom. The third-order valence-corrected chi connectivity index (χ3v) is 4.38. The summed E-state index contributed by atoms with van der Waals surface area (Å²) >= 11 is 0. The molecule has 2 unspecified atom stereocenters. The third-order valence-electron chi connectivity index (χ3n) is 4.38. The van der Waals surface area contributed by atoms with Crippen LogP contribution >= 0.6 is 0 Å². The standard InChI is InChI=1S/C16H23FN2O2/c1-11(9-20)12(2)19-15(21)18-10-16(6-7-16)13-4-3-5-14(17)8-13/h3-5,8,11-12,20H,6-7,9-10H2,1-2H3,(H2,18,19,21). The first-order valence-corrected chi connectivity index (χ1v) is 7.38. The minimum Gasteiger partial charge on any atom is -0.396 e. The van der Waals surface area contributed by atoms with Gasteiger partial charge in [0.15, 0.2) is 0 Å². The molecular formula is C16H23FN2O2. The number of benzene rings is 1. The van der Waals surface area contributed by atoms with Gasteiger partial charge in [-0.3, -0.25) is 0 Å². The van der Waals surface area contributed by atoms with E-state index in [1.165, 1.54) is 6.07 Å². The maximum absolute atomic E-state index is 13.3. The zero-order chi connectivity index (χ0) is 15.5. The van der Waals surface area contributed by atoms with Gasteiger partial charge >= 0.3 is 6.03 Å². The number of carbonyl (C=O) groups is 1. The minimum absolute atomic E-state index is 0.00820. The molecule has 0 spiro atoms. The molecule has 1 fully saturated rings. The largest absolute Gasteiger partial charge is 0.396 e. The molecular weight excluding hydrogens is 271 g/mol. The highest BCUT2D eigenvalue weighted by Crippen LogP contribution is 2.47. The number of carbonyl (C=O) groups excluding carboxylic acids is 1. The zero-order valence-electron chi connectivity index (χ0n) is 12.5. The highest BCUT2D eigenvalue weighted by atomic mass is 19.1. The Kier molecular flexibility index (Phi) is 4.83. The number of amides is 2. The second-order valence-corrected chi connectivity index (χ2v) is 6.07. The second kappa shape index (κ2) is 6.43. The molecule has 0 heterocycles. The van der Waals surface area contributed by atoms with Crippen LogP contribution in [0, 0.1) is 11.7 Å². The van der Waals surface area contributed by atoms with E-state index in [0.29, 0.717) is 6.54 Å². The summed E-state index contributed by atoms with van der Waals surface area (Å²) in [6.07, 6.45) is 1.92. The van der Waals surface area contributed by atoms with Gasteiger partial charge < -0.3 is 15.7 Å². The van der Waals surface area contributed by atoms with Crippen LogP contribution < -0.4 is 10.6 Å². The van der Waals surface area contributed by atoms with E-state index >= 15 is 0 Å². The van der Waals surface area contributed by atoms with Crippen molar-refractivity contribution >= 4 is 6.03 Å². The van der Waals surface area contributed by atoms with Crippen LogP contribution in [0.15, 0.2) is 24.3 Å². The third kappa shape index (κ3) is 3.94. The van der Waals surface area contributed by atoms with Crippen LogP contribution in [-0.4, -0.2) is 30.3 Å². The summed E-state index contributed by atoms with van der Waals surface area (Å²) < 4.78 is 13.3. The first kappa shape index (κ1) is 15.8. The topological polar surface area (TPSA) is 61.4 Å². The molecule has 21 heavy (non-hydrogen) atoms. The summed E-state index contributed by atoms with van der Waals surface area (Å²) in [6.45, 7) is 4.27. The van der Waals surface area contributed by atoms with Crippen molar-refractivity contribution < 1.29 is 14.3 Å². The van der Waals surface area contributed by atoms with Crippen LogP contribution in [0.1, 0.15) is 32.3 Å². The van der Waals surface area contributed by atoms with E-state index in [2.05, 4.69) is 10.6 Å². The predicted octanol–water partition coefficient (Wildman–Crippen LogP) is 2.17. The Labute approximate surface area is 124 Å². The van der Waals surface area contributed by atoms with Gasteiger partial charge in [-0.05, 0) is 43.4 Å². The maximum atomic E-state index is 13.3. The fourth-order valence-electron chi connectivity index (χ4n) is 2.34. The number of rotatable bonds is 6. The van der Waals surface area contributed by atoms with Crippen molar-refractivity contribution in [2.45, 2.75) is 38.1 Å². The van der Waals surface area contributed by atoms with Crippen molar-refractivity contribution in [3.8, 4) is 0 Å². The van der Waals surface area contributed by atoms with Gasteiger partial charge in [0.1, 0.15) is 5.82 Å². The number of nitrogens with one attached hydrogen (secondary N) is 2. The minimum atomic E-state index is -0.245. The SMILES string of the molecule is CC(CO)C(C)NC(=O)NCC1(c2cccc(F)c2)CC1. The van der Waals surface area contributed by atoms with Crippen LogP contribution in [0.4, 0.5) is 9.18 Å². The average molecular weight is 294 g/mol. The van der Waals surface area contributed by atoms with Gasteiger partial charge in [0, 0.05) is 24.6 Å². The lowest BCUT2D eigenvalue weighted by molar-refractivity contribution is 0.200. The highest BCUT2D eigenvalue weighted by Gasteiger charge is 2.44. The Bertz CT molecular complexity index is 503. The molecule has 2 amide bonds. The quantitative estimate of drug-likeness (QED) is 0.753. The lowest BCUT2D eigenvalue weighted by Gasteiger charge is -2.21. The molecule has 0 saturated heterocycles. The Morgan fingerprint density at radius 2 is 2.14 bits per heavy atom. The zero-order valence-corrected chi connectivity index (χ0v) is 12.5. The molecule has 0 aromatic heterocycles. The van der Waals surface area contributed by atoms with Crippen LogP contribution in [0.25, 0.3) is 0 Å². The van der Waals surface area contributed by atoms with E-state index < -0.39 is 0 Å². The van der Waals surface area contributed by atoms with E-state index in [9.17, 15) is 9.18 Å². The molecule has 2 rings (SSSR count). The summed E-state index contributed by atoms with van der Waals surface area (Å²) in [5.74, 6) is -0.234. The maximum Gasteiger partial charge on any atom is 0.315 e. The van der Waals surface area contributed by atoms with Gasteiger partial charge in [0.25, 0.3) is 0 Å². The van der Waals surface area contributed by atoms with Crippen molar-refractivity contribution in [3.05, 3.63) is 35.6 Å². The number of hydrogen-bond donors (Lipinski definition) is 3. The normalized spacial score (nSPS) is 18.7. The van der Waals surface area contributed by atoms with E-state index in [1.807, 2.05) is 19.9 Å². The number of urea groups is 1. The molecule has 1 aliphatic carbocycles. The number of aliphatic hydroxyl groups is 1. The fourth-order valence-corrected chi connectivity index (χ4v) is 2.34. The second-order valence-electron chi connectivity index (χ2n) is 6.07. The van der Waals surface area contributed by atoms with E-state index in [1.54, 1.807) is 12.1 Å². The van der Waals surface area contributed by atoms with Gasteiger partial charge in [0.05, 0.1) is 0 Å². The number of halogens is 1. The van der Waals surface area contributed by atoms with E-state index in [4.69, 9.17) is 5.11 Å². The molecule has 5 heteroatoms. The van der Waals surface area contributed by atoms with Gasteiger partial charge in [-0.15, -0.1) is 0 Å². The molecule has 1 aromatic rings. The van der Waals surface area contributed by atoms with Crippen LogP contribution in [0.5, 0.6) is 0 Å². The van der Waals surface area contributed by atoms with E-state index in [-0.39, 0.29) is 35.8 Å². The molecule has 4 nitrogen and oxygen atoms in total. The molecule has 3 N–H and O–H groups in total. The number of hydrogen-bond acceptors (Lipinski definition) is 2. The lowest BCUT2D eigenvalue weighted by atomic mass is 9.96. The van der Waals surface area contributed by atoms with Crippen LogP contribution in [0.2, 0.25) is 0 Å². The van der Waals surface area contributed by atoms with Crippen molar-refractivity contribution in [2.24, 2.45) is 5.92 Å². The average Bonchev–Trinajstić information content (AvgIpc) is 3.25. The van der Waals surface area contributed by atoms with Gasteiger partial charge in [-0.1, -0.05) is 19.1 Å². The summed E-state index contributed by atoms with van der Waals surface area (Å²) in [5, 5.41) is 14.7. The van der Waals surface area contributed by atoms with Crippen molar-refractivity contribution in [3.63, 3.8) is 0 Å². The van der Waals surface area contributed by atoms with Gasteiger partial charge in [0.2, 0.25) is 0 Å². The molecule has 0 aliphatic heterocycles. The van der Waals surface area contributed by atoms with Gasteiger partial charge in [-0.25, -0.2) is 9.18 Å². The first-order valence-electron chi connectivity index (χ1n) is 7.38. The monoisotopic (exact) mass is 294 g/mol. The molecule has 2 atom stereocenters. The predicted molar refractivity (Wildman–Crippen MR) is 79.6 cm³/mol. The van der Waals surface area contributed by atoms with Crippen LogP contribution in [-0.2, 0) is 5.41 Å². The van der Waals surface area contributed by atoms with Gasteiger partial charge in [-0.2, -0.15) is 0 Å². The molecule has 116 valence electrons. The lowest BCUT2D eigenvalue weighted by Crippen LogP contribution is -2.46. The Balaban J connectivity index is 1.87. The summed E-state index contributed by atoms with van der Waals surface area (Å²) in [6, 6.07) is 6.24. The molecule has 1 aromatic carbocycles. The summed E-state index contributed by atoms with van der Waals surface area (Å²) in [4.78, 5) is 11.9. The molecule has 1 saturated carbocycles. The Hall–Kier alpha value is -1.62. The van der Waals surface area contributed by atoms with Crippen molar-refractivity contribution in [1.82, 2.24) is 10.6 Å². The van der Waals surface area contributed by atoms with E-state index in [0.717, 1.165) is 18.4 Å². The molecule has 0 radical (unpaired) electrons. The summed E-state index contributed by atoms with van der Waals surface area (Å²) in [5.41, 5.74) is 0.824. The molecule has 1 aliphatic rings. The van der Waals surface area contributed by atoms with Crippen molar-refractivity contribution in [2.75, 3.05) is 13.2 Å². The molecule has 0 bridgehead atoms. The number of aliphatic hydroxyl groups excluding tert-OH is 1. The smallest absolute Gasteiger partial charge is 0.315 e. The first-order chi connectivity index (χ1) is 9.97. The fraction of sp³-hybridized carbons (Fsp3) is 0.562. The Morgan fingerprint density at radius 1 is 1.43 bits per heavy atom.